The second-order valence-electron chi connectivity index (χ2n) is 8.51. The quantitative estimate of drug-likeness (QED) is 0.412. The van der Waals surface area contributed by atoms with E-state index in [4.69, 9.17) is 0 Å². The molecule has 2 bridgehead atoms. The van der Waals surface area contributed by atoms with Crippen LogP contribution in [0.5, 0.6) is 0 Å². The summed E-state index contributed by atoms with van der Waals surface area (Å²) in [5.74, 6) is -2.03. The SMILES string of the molecule is O=CC(=O)C1c2c(N3CC4CCC3CN4)ccc(F)c2CN1C1CCC(=O)NC1=O. The van der Waals surface area contributed by atoms with Crippen LogP contribution >= 0.6 is 0 Å². The zero-order valence-corrected chi connectivity index (χ0v) is 16.4. The van der Waals surface area contributed by atoms with Crippen LogP contribution in [0.15, 0.2) is 12.1 Å². The number of fused-ring (bicyclic) bond motifs is 4. The van der Waals surface area contributed by atoms with E-state index in [0.717, 1.165) is 31.6 Å². The zero-order chi connectivity index (χ0) is 21.0. The maximum Gasteiger partial charge on any atom is 0.243 e. The summed E-state index contributed by atoms with van der Waals surface area (Å²) in [5, 5.41) is 5.77. The van der Waals surface area contributed by atoms with Gasteiger partial charge in [-0.1, -0.05) is 0 Å². The molecule has 5 heterocycles. The van der Waals surface area contributed by atoms with Crippen LogP contribution in [0.25, 0.3) is 0 Å². The van der Waals surface area contributed by atoms with Crippen LogP contribution in [0, 0.1) is 5.82 Å². The molecule has 1 aromatic carbocycles. The molecular weight excluding hydrogens is 391 g/mol. The van der Waals surface area contributed by atoms with Gasteiger partial charge in [-0.3, -0.25) is 29.4 Å². The predicted molar refractivity (Wildman–Crippen MR) is 104 cm³/mol. The zero-order valence-electron chi connectivity index (χ0n) is 16.4. The maximum absolute atomic E-state index is 14.9. The number of nitrogens with zero attached hydrogens (tertiary/aromatic N) is 2. The lowest BCUT2D eigenvalue weighted by atomic mass is 9.90. The molecule has 158 valence electrons. The summed E-state index contributed by atoms with van der Waals surface area (Å²) < 4.78 is 14.9. The lowest BCUT2D eigenvalue weighted by Crippen LogP contribution is -2.61. The van der Waals surface area contributed by atoms with E-state index in [1.165, 1.54) is 6.07 Å². The van der Waals surface area contributed by atoms with Crippen molar-refractivity contribution in [2.24, 2.45) is 0 Å². The first kappa shape index (κ1) is 19.3. The molecule has 1 aromatic rings. The lowest BCUT2D eigenvalue weighted by Gasteiger charge is -2.48. The van der Waals surface area contributed by atoms with E-state index in [1.54, 1.807) is 11.0 Å². The number of carbonyl (C=O) groups is 4. The smallest absolute Gasteiger partial charge is 0.243 e. The molecule has 6 rings (SSSR count). The number of piperazine rings is 1. The number of halogens is 1. The van der Waals surface area contributed by atoms with Gasteiger partial charge >= 0.3 is 0 Å². The molecule has 0 saturated carbocycles. The number of amides is 2. The van der Waals surface area contributed by atoms with Gasteiger partial charge in [-0.05, 0) is 31.4 Å². The van der Waals surface area contributed by atoms with Crippen molar-refractivity contribution in [3.8, 4) is 0 Å². The second-order valence-corrected chi connectivity index (χ2v) is 8.51. The van der Waals surface area contributed by atoms with Crippen LogP contribution in [-0.4, -0.2) is 60.0 Å². The van der Waals surface area contributed by atoms with Gasteiger partial charge in [0.2, 0.25) is 17.6 Å². The molecule has 0 aromatic heterocycles. The summed E-state index contributed by atoms with van der Waals surface area (Å²) in [6.45, 7) is 1.62. The topological polar surface area (TPSA) is 98.8 Å². The normalized spacial score (nSPS) is 30.9. The number of ketones is 1. The van der Waals surface area contributed by atoms with Crippen LogP contribution in [0.1, 0.15) is 42.9 Å². The fourth-order valence-electron chi connectivity index (χ4n) is 5.44. The predicted octanol–water partition coefficient (Wildman–Crippen LogP) is 0.196. The van der Waals surface area contributed by atoms with E-state index in [9.17, 15) is 23.6 Å². The van der Waals surface area contributed by atoms with E-state index >= 15 is 0 Å². The number of anilines is 1. The van der Waals surface area contributed by atoms with Gasteiger partial charge in [0.25, 0.3) is 0 Å². The third kappa shape index (κ3) is 2.95. The summed E-state index contributed by atoms with van der Waals surface area (Å²) in [6, 6.07) is 1.87. The highest BCUT2D eigenvalue weighted by molar-refractivity contribution is 6.28. The summed E-state index contributed by atoms with van der Waals surface area (Å²) in [4.78, 5) is 52.1. The molecule has 8 nitrogen and oxygen atoms in total. The van der Waals surface area contributed by atoms with Crippen molar-refractivity contribution in [2.45, 2.75) is 56.4 Å². The number of rotatable bonds is 4. The molecule has 5 aliphatic heterocycles. The fourth-order valence-corrected chi connectivity index (χ4v) is 5.44. The van der Waals surface area contributed by atoms with E-state index in [-0.39, 0.29) is 37.6 Å². The van der Waals surface area contributed by atoms with Crippen LogP contribution in [-0.2, 0) is 25.7 Å². The monoisotopic (exact) mass is 414 g/mol. The fraction of sp³-hybridized carbons (Fsp3) is 0.524. The minimum Gasteiger partial charge on any atom is -0.365 e. The third-order valence-electron chi connectivity index (χ3n) is 6.88. The van der Waals surface area contributed by atoms with Crippen LogP contribution in [0.3, 0.4) is 0 Å². The molecule has 9 heteroatoms. The third-order valence-corrected chi connectivity index (χ3v) is 6.88. The van der Waals surface area contributed by atoms with E-state index in [2.05, 4.69) is 15.5 Å². The molecular formula is C21H23FN4O4. The van der Waals surface area contributed by atoms with E-state index in [1.807, 2.05) is 0 Å². The Hall–Kier alpha value is -2.65. The summed E-state index contributed by atoms with van der Waals surface area (Å²) in [5.41, 5.74) is 1.61. The highest BCUT2D eigenvalue weighted by Gasteiger charge is 2.47. The van der Waals surface area contributed by atoms with Gasteiger partial charge < -0.3 is 10.2 Å². The van der Waals surface area contributed by atoms with Gasteiger partial charge in [-0.2, -0.15) is 0 Å². The van der Waals surface area contributed by atoms with Gasteiger partial charge in [0.15, 0.2) is 6.29 Å². The first-order valence-electron chi connectivity index (χ1n) is 10.4. The van der Waals surface area contributed by atoms with E-state index in [0.29, 0.717) is 17.2 Å². The number of piperidine rings is 3. The molecule has 0 aliphatic carbocycles. The Balaban J connectivity index is 1.58. The Morgan fingerprint density at radius 2 is 2.03 bits per heavy atom. The molecule has 4 saturated heterocycles. The number of benzene rings is 1. The number of nitrogens with one attached hydrogen (secondary N) is 2. The minimum atomic E-state index is -1.03. The number of Topliss-reactive ketones (excluding diaryl/α,β-unsaturated/α-hetero) is 1. The highest BCUT2D eigenvalue weighted by atomic mass is 19.1. The standard InChI is InChI=1S/C21H23FN4O4/c22-14-3-4-15(25-8-11-1-2-12(25)7-23-11)19-13(14)9-26(20(19)17(28)10-27)16-5-6-18(29)24-21(16)30/h3-4,10-12,16,20,23H,1-2,5-9H2,(H,24,29,30). The summed E-state index contributed by atoms with van der Waals surface area (Å²) >= 11 is 0. The minimum absolute atomic E-state index is 0.0473. The molecule has 5 aliphatic rings. The molecule has 0 spiro atoms. The van der Waals surface area contributed by atoms with Gasteiger partial charge in [0.1, 0.15) is 11.9 Å². The summed E-state index contributed by atoms with van der Waals surface area (Å²) in [7, 11) is 0. The molecule has 4 atom stereocenters. The van der Waals surface area contributed by atoms with Gasteiger partial charge in [0, 0.05) is 55.0 Å². The van der Waals surface area contributed by atoms with Gasteiger partial charge in [-0.25, -0.2) is 4.39 Å². The average molecular weight is 414 g/mol. The molecule has 2 amide bonds. The van der Waals surface area contributed by atoms with Crippen molar-refractivity contribution in [3.05, 3.63) is 29.1 Å². The molecule has 0 radical (unpaired) electrons. The van der Waals surface area contributed by atoms with Crippen LogP contribution in [0.2, 0.25) is 0 Å². The van der Waals surface area contributed by atoms with Crippen LogP contribution in [0.4, 0.5) is 10.1 Å². The number of hydrogen-bond acceptors (Lipinski definition) is 7. The first-order valence-corrected chi connectivity index (χ1v) is 10.4. The van der Waals surface area contributed by atoms with E-state index < -0.39 is 29.6 Å². The number of aldehydes is 1. The van der Waals surface area contributed by atoms with Gasteiger partial charge in [0.05, 0.1) is 6.04 Å². The van der Waals surface area contributed by atoms with Crippen molar-refractivity contribution in [3.63, 3.8) is 0 Å². The van der Waals surface area contributed by atoms with Crippen LogP contribution < -0.4 is 15.5 Å². The van der Waals surface area contributed by atoms with Crippen molar-refractivity contribution in [2.75, 3.05) is 18.0 Å². The highest BCUT2D eigenvalue weighted by Crippen LogP contribution is 2.45. The second kappa shape index (κ2) is 7.24. The van der Waals surface area contributed by atoms with Gasteiger partial charge in [-0.15, -0.1) is 0 Å². The number of hydrogen-bond donors (Lipinski definition) is 2. The largest absolute Gasteiger partial charge is 0.365 e. The summed E-state index contributed by atoms with van der Waals surface area (Å²) in [6.07, 6.45) is 2.70. The Kier molecular flexibility index (Phi) is 4.67. The molecule has 4 unspecified atom stereocenters. The number of imide groups is 1. The maximum atomic E-state index is 14.9. The van der Waals surface area contributed by atoms with Crippen molar-refractivity contribution in [1.29, 1.82) is 0 Å². The Morgan fingerprint density at radius 3 is 2.67 bits per heavy atom. The van der Waals surface area contributed by atoms with Crippen molar-refractivity contribution >= 4 is 29.6 Å². The molecule has 4 fully saturated rings. The average Bonchev–Trinajstić information content (AvgIpc) is 3.15. The Morgan fingerprint density at radius 1 is 1.20 bits per heavy atom. The first-order chi connectivity index (χ1) is 14.5. The number of carbonyl (C=O) groups excluding carboxylic acids is 4. The molecule has 30 heavy (non-hydrogen) atoms. The van der Waals surface area contributed by atoms with Crippen molar-refractivity contribution in [1.82, 2.24) is 15.5 Å². The Bertz CT molecular complexity index is 943. The van der Waals surface area contributed by atoms with Crippen molar-refractivity contribution < 1.29 is 23.6 Å². The molecule has 2 N–H and O–H groups in total. The lowest BCUT2D eigenvalue weighted by molar-refractivity contribution is -0.141. The Labute approximate surface area is 172 Å².